The second kappa shape index (κ2) is 10.4. The predicted molar refractivity (Wildman–Crippen MR) is 134 cm³/mol. The summed E-state index contributed by atoms with van der Waals surface area (Å²) in [6.07, 6.45) is 1.03. The molecule has 0 unspecified atom stereocenters. The molecule has 3 aromatic carbocycles. The number of esters is 1. The second-order valence-corrected chi connectivity index (χ2v) is 10.8. The molecule has 7 nitrogen and oxygen atoms in total. The molecule has 0 atom stereocenters. The Labute approximate surface area is 208 Å². The minimum atomic E-state index is -3.50. The molecule has 190 valence electrons. The van der Waals surface area contributed by atoms with Gasteiger partial charge in [-0.25, -0.2) is 17.2 Å². The molecule has 0 bridgehead atoms. The molecule has 36 heavy (non-hydrogen) atoms. The van der Waals surface area contributed by atoms with E-state index in [1.807, 2.05) is 0 Å². The van der Waals surface area contributed by atoms with Gasteiger partial charge in [0.1, 0.15) is 29.3 Å². The number of sulfonamides is 1. The van der Waals surface area contributed by atoms with Crippen LogP contribution < -0.4 is 9.62 Å². The summed E-state index contributed by atoms with van der Waals surface area (Å²) in [6, 6.07) is 16.0. The van der Waals surface area contributed by atoms with Crippen LogP contribution in [0.4, 0.5) is 20.2 Å². The number of nitrogens with zero attached hydrogens (tertiary/aromatic N) is 1. The summed E-state index contributed by atoms with van der Waals surface area (Å²) in [4.78, 5) is 26.9. The van der Waals surface area contributed by atoms with Crippen LogP contribution in [-0.2, 0) is 19.6 Å². The smallest absolute Gasteiger partial charge is 0.326 e. The van der Waals surface area contributed by atoms with Crippen LogP contribution in [0.3, 0.4) is 0 Å². The summed E-state index contributed by atoms with van der Waals surface area (Å²) in [6.45, 7) is 4.38. The fourth-order valence-electron chi connectivity index (χ4n) is 3.45. The lowest BCUT2D eigenvalue weighted by molar-refractivity contribution is -0.152. The first-order chi connectivity index (χ1) is 16.7. The van der Waals surface area contributed by atoms with Gasteiger partial charge in [0.2, 0.25) is 10.0 Å². The molecular weight excluding hydrogens is 490 g/mol. The van der Waals surface area contributed by atoms with Crippen LogP contribution in [0.15, 0.2) is 66.7 Å². The van der Waals surface area contributed by atoms with E-state index in [2.05, 4.69) is 4.72 Å². The number of nitrogens with one attached hydrogen (secondary N) is 1. The van der Waals surface area contributed by atoms with Crippen LogP contribution in [-0.4, -0.2) is 38.7 Å². The van der Waals surface area contributed by atoms with Crippen LogP contribution >= 0.6 is 0 Å². The van der Waals surface area contributed by atoms with Gasteiger partial charge in [-0.05, 0) is 68.3 Å². The number of rotatable bonds is 7. The highest BCUT2D eigenvalue weighted by Crippen LogP contribution is 2.29. The molecule has 0 saturated heterocycles. The number of hydrogen-bond donors (Lipinski definition) is 1. The van der Waals surface area contributed by atoms with E-state index in [0.717, 1.165) is 29.4 Å². The number of amides is 1. The van der Waals surface area contributed by atoms with Crippen molar-refractivity contribution < 1.29 is 31.5 Å². The molecule has 0 fully saturated rings. The van der Waals surface area contributed by atoms with E-state index >= 15 is 0 Å². The van der Waals surface area contributed by atoms with Gasteiger partial charge in [0.15, 0.2) is 0 Å². The molecule has 0 aliphatic heterocycles. The molecule has 0 saturated carbocycles. The third kappa shape index (κ3) is 7.11. The second-order valence-electron chi connectivity index (χ2n) is 9.08. The average Bonchev–Trinajstić information content (AvgIpc) is 2.75. The van der Waals surface area contributed by atoms with Gasteiger partial charge in [-0.3, -0.25) is 19.2 Å². The van der Waals surface area contributed by atoms with E-state index in [1.165, 1.54) is 6.07 Å². The van der Waals surface area contributed by atoms with Gasteiger partial charge in [0.05, 0.1) is 6.26 Å². The Hall–Kier alpha value is -3.79. The Kier molecular flexibility index (Phi) is 7.78. The van der Waals surface area contributed by atoms with Crippen LogP contribution in [0.1, 0.15) is 31.1 Å². The van der Waals surface area contributed by atoms with Crippen molar-refractivity contribution in [1.82, 2.24) is 0 Å². The van der Waals surface area contributed by atoms with Crippen molar-refractivity contribution in [2.75, 3.05) is 22.4 Å². The maximum atomic E-state index is 14.4. The lowest BCUT2D eigenvalue weighted by Crippen LogP contribution is -2.39. The fraction of sp³-hybridized carbons (Fsp3) is 0.231. The molecule has 1 amide bonds. The highest BCUT2D eigenvalue weighted by atomic mass is 32.2. The summed E-state index contributed by atoms with van der Waals surface area (Å²) < 4.78 is 59.8. The third-order valence-corrected chi connectivity index (χ3v) is 5.39. The minimum Gasteiger partial charge on any atom is -0.459 e. The minimum absolute atomic E-state index is 0.187. The van der Waals surface area contributed by atoms with Gasteiger partial charge >= 0.3 is 5.97 Å². The zero-order valence-corrected chi connectivity index (χ0v) is 21.0. The first kappa shape index (κ1) is 26.8. The number of carbonyl (C=O) groups excluding carboxylic acids is 2. The standard InChI is InChI=1S/C26H26F2N2O5S/c1-26(2,3)35-23(31)16-30(25(32)24-21(27)12-7-13-22(24)28)20-11-6-9-18(15-20)17-8-5-10-19(14-17)29-36(4,33)34/h5-15,29H,16H2,1-4H3. The van der Waals surface area contributed by atoms with Crippen LogP contribution in [0, 0.1) is 11.6 Å². The van der Waals surface area contributed by atoms with Gasteiger partial charge in [0, 0.05) is 11.4 Å². The molecule has 3 rings (SSSR count). The van der Waals surface area contributed by atoms with Gasteiger partial charge in [-0.1, -0.05) is 30.3 Å². The van der Waals surface area contributed by atoms with Crippen molar-refractivity contribution in [2.24, 2.45) is 0 Å². The van der Waals surface area contributed by atoms with Crippen LogP contribution in [0.5, 0.6) is 0 Å². The van der Waals surface area contributed by atoms with E-state index in [-0.39, 0.29) is 5.69 Å². The van der Waals surface area contributed by atoms with Crippen molar-refractivity contribution >= 4 is 33.3 Å². The van der Waals surface area contributed by atoms with Gasteiger partial charge in [-0.2, -0.15) is 0 Å². The number of anilines is 2. The van der Waals surface area contributed by atoms with Crippen LogP contribution in [0.2, 0.25) is 0 Å². The average molecular weight is 517 g/mol. The molecule has 0 spiro atoms. The van der Waals surface area contributed by atoms with Crippen molar-refractivity contribution in [1.29, 1.82) is 0 Å². The molecule has 0 heterocycles. The van der Waals surface area contributed by atoms with E-state index in [1.54, 1.807) is 63.2 Å². The Morgan fingerprint density at radius 3 is 2.06 bits per heavy atom. The van der Waals surface area contributed by atoms with Crippen molar-refractivity contribution in [2.45, 2.75) is 26.4 Å². The zero-order valence-electron chi connectivity index (χ0n) is 20.2. The molecular formula is C26H26F2N2O5S. The van der Waals surface area contributed by atoms with E-state index < -0.39 is 51.2 Å². The maximum absolute atomic E-state index is 14.4. The topological polar surface area (TPSA) is 92.8 Å². The SMILES string of the molecule is CC(C)(C)OC(=O)CN(C(=O)c1c(F)cccc1F)c1cccc(-c2cccc(NS(C)(=O)=O)c2)c1. The molecule has 3 aromatic rings. The molecule has 0 aliphatic carbocycles. The highest BCUT2D eigenvalue weighted by Gasteiger charge is 2.28. The molecule has 10 heteroatoms. The molecule has 0 aromatic heterocycles. The number of carbonyl (C=O) groups is 2. The normalized spacial score (nSPS) is 11.6. The Balaban J connectivity index is 2.05. The monoisotopic (exact) mass is 516 g/mol. The first-order valence-electron chi connectivity index (χ1n) is 10.9. The summed E-state index contributed by atoms with van der Waals surface area (Å²) in [5, 5.41) is 0. The Bertz CT molecular complexity index is 1380. The number of hydrogen-bond acceptors (Lipinski definition) is 5. The number of benzene rings is 3. The van der Waals surface area contributed by atoms with Crippen molar-refractivity contribution in [3.05, 3.63) is 83.9 Å². The van der Waals surface area contributed by atoms with Crippen LogP contribution in [0.25, 0.3) is 11.1 Å². The van der Waals surface area contributed by atoms with Gasteiger partial charge in [-0.15, -0.1) is 0 Å². The third-order valence-electron chi connectivity index (χ3n) is 4.79. The number of ether oxygens (including phenoxy) is 1. The van der Waals surface area contributed by atoms with Crippen molar-refractivity contribution in [3.63, 3.8) is 0 Å². The summed E-state index contributed by atoms with van der Waals surface area (Å²) in [5.74, 6) is -3.95. The molecule has 1 N–H and O–H groups in total. The Morgan fingerprint density at radius 2 is 1.47 bits per heavy atom. The largest absolute Gasteiger partial charge is 0.459 e. The van der Waals surface area contributed by atoms with E-state index in [0.29, 0.717) is 16.8 Å². The Morgan fingerprint density at radius 1 is 0.917 bits per heavy atom. The first-order valence-corrected chi connectivity index (χ1v) is 12.8. The van der Waals surface area contributed by atoms with Crippen molar-refractivity contribution in [3.8, 4) is 11.1 Å². The summed E-state index contributed by atoms with van der Waals surface area (Å²) in [5.41, 5.74) is 0.0472. The maximum Gasteiger partial charge on any atom is 0.326 e. The number of halogens is 2. The fourth-order valence-corrected chi connectivity index (χ4v) is 4.01. The predicted octanol–water partition coefficient (Wildman–Crippen LogP) is 4.99. The van der Waals surface area contributed by atoms with Gasteiger partial charge < -0.3 is 4.74 Å². The lowest BCUT2D eigenvalue weighted by Gasteiger charge is -2.26. The lowest BCUT2D eigenvalue weighted by atomic mass is 10.0. The zero-order chi connectivity index (χ0) is 26.7. The highest BCUT2D eigenvalue weighted by molar-refractivity contribution is 7.92. The van der Waals surface area contributed by atoms with E-state index in [4.69, 9.17) is 4.74 Å². The van der Waals surface area contributed by atoms with E-state index in [9.17, 15) is 26.8 Å². The quantitative estimate of drug-likeness (QED) is 0.447. The summed E-state index contributed by atoms with van der Waals surface area (Å²) >= 11 is 0. The summed E-state index contributed by atoms with van der Waals surface area (Å²) in [7, 11) is -3.50. The van der Waals surface area contributed by atoms with Gasteiger partial charge in [0.25, 0.3) is 5.91 Å². The molecule has 0 radical (unpaired) electrons. The molecule has 0 aliphatic rings.